The van der Waals surface area contributed by atoms with Crippen LogP contribution in [0.15, 0.2) is 41.8 Å². The van der Waals surface area contributed by atoms with E-state index < -0.39 is 18.2 Å². The Hall–Kier alpha value is -2.55. The Balaban J connectivity index is 1.89. The Bertz CT molecular complexity index is 891. The maximum atomic E-state index is 13.2. The molecule has 1 unspecified atom stereocenters. The molecule has 1 saturated heterocycles. The first-order chi connectivity index (χ1) is 14.4. The van der Waals surface area contributed by atoms with E-state index in [2.05, 4.69) is 13.8 Å². The number of carbonyl (C=O) groups is 3. The van der Waals surface area contributed by atoms with E-state index >= 15 is 0 Å². The van der Waals surface area contributed by atoms with Crippen molar-refractivity contribution in [1.29, 1.82) is 0 Å². The summed E-state index contributed by atoms with van der Waals surface area (Å²) >= 11 is 1.28. The topological polar surface area (TPSA) is 76.2 Å². The Morgan fingerprint density at radius 1 is 1.17 bits per heavy atom. The van der Waals surface area contributed by atoms with E-state index in [0.717, 1.165) is 10.5 Å². The van der Waals surface area contributed by atoms with Gasteiger partial charge >= 0.3 is 0 Å². The molecule has 0 spiro atoms. The van der Waals surface area contributed by atoms with Crippen molar-refractivity contribution in [2.45, 2.75) is 38.5 Å². The highest BCUT2D eigenvalue weighted by molar-refractivity contribution is 7.12. The first kappa shape index (κ1) is 22.1. The molecule has 1 aromatic carbocycles. The number of carbonyl (C=O) groups excluding carboxylic acids is 3. The van der Waals surface area contributed by atoms with Crippen LogP contribution < -0.4 is 4.90 Å². The van der Waals surface area contributed by atoms with Crippen LogP contribution in [0.1, 0.15) is 41.4 Å². The summed E-state index contributed by atoms with van der Waals surface area (Å²) in [4.78, 5) is 42.2. The summed E-state index contributed by atoms with van der Waals surface area (Å²) in [6.45, 7) is 4.19. The van der Waals surface area contributed by atoms with Crippen LogP contribution in [0.4, 0.5) is 5.69 Å². The van der Waals surface area contributed by atoms with Gasteiger partial charge in [-0.25, -0.2) is 4.90 Å². The van der Waals surface area contributed by atoms with E-state index in [-0.39, 0.29) is 24.8 Å². The molecule has 8 heteroatoms. The highest BCUT2D eigenvalue weighted by Gasteiger charge is 2.45. The van der Waals surface area contributed by atoms with Gasteiger partial charge in [-0.2, -0.15) is 0 Å². The molecule has 160 valence electrons. The van der Waals surface area contributed by atoms with E-state index in [1.54, 1.807) is 29.6 Å². The number of thiophene rings is 1. The Labute approximate surface area is 180 Å². The number of ether oxygens (including phenoxy) is 2. The van der Waals surface area contributed by atoms with Gasteiger partial charge in [0.1, 0.15) is 6.04 Å². The molecule has 0 aliphatic carbocycles. The third-order valence-corrected chi connectivity index (χ3v) is 6.04. The van der Waals surface area contributed by atoms with Gasteiger partial charge in [0.25, 0.3) is 11.8 Å². The number of nitrogens with zero attached hydrogens (tertiary/aromatic N) is 2. The molecule has 2 heterocycles. The van der Waals surface area contributed by atoms with E-state index in [1.807, 2.05) is 12.1 Å². The van der Waals surface area contributed by atoms with Gasteiger partial charge in [-0.15, -0.1) is 11.3 Å². The Morgan fingerprint density at radius 2 is 1.83 bits per heavy atom. The number of rotatable bonds is 8. The van der Waals surface area contributed by atoms with Gasteiger partial charge in [0.05, 0.1) is 23.5 Å². The van der Waals surface area contributed by atoms with Crippen LogP contribution in [0.3, 0.4) is 0 Å². The van der Waals surface area contributed by atoms with Crippen molar-refractivity contribution in [2.24, 2.45) is 0 Å². The lowest BCUT2D eigenvalue weighted by Gasteiger charge is -2.29. The molecule has 1 atom stereocenters. The number of methoxy groups -OCH3 is 2. The average Bonchev–Trinajstić information content (AvgIpc) is 3.37. The molecule has 1 aliphatic rings. The zero-order valence-electron chi connectivity index (χ0n) is 17.5. The van der Waals surface area contributed by atoms with Crippen molar-refractivity contribution in [3.8, 4) is 0 Å². The number of hydrogen-bond donors (Lipinski definition) is 0. The molecule has 1 aliphatic heterocycles. The number of amides is 3. The summed E-state index contributed by atoms with van der Waals surface area (Å²) in [5.41, 5.74) is 1.63. The molecular formula is C22H26N2O5S. The van der Waals surface area contributed by atoms with E-state index in [4.69, 9.17) is 9.47 Å². The van der Waals surface area contributed by atoms with Crippen LogP contribution in [0.2, 0.25) is 0 Å². The number of hydrogen-bond acceptors (Lipinski definition) is 6. The fourth-order valence-corrected chi connectivity index (χ4v) is 4.12. The van der Waals surface area contributed by atoms with E-state index in [1.165, 1.54) is 30.5 Å². The second-order valence-corrected chi connectivity index (χ2v) is 8.32. The highest BCUT2D eigenvalue weighted by atomic mass is 32.1. The SMILES string of the molecule is COC(CN(C(=O)c1cccs1)C1CC(=O)N(c2ccc(C(C)C)cc2)C1=O)OC. The number of anilines is 1. The fourth-order valence-electron chi connectivity index (χ4n) is 3.44. The molecule has 1 aromatic heterocycles. The molecule has 0 saturated carbocycles. The summed E-state index contributed by atoms with van der Waals surface area (Å²) < 4.78 is 10.5. The number of benzene rings is 1. The summed E-state index contributed by atoms with van der Waals surface area (Å²) in [6.07, 6.45) is -0.793. The summed E-state index contributed by atoms with van der Waals surface area (Å²) in [7, 11) is 2.93. The minimum Gasteiger partial charge on any atom is -0.354 e. The molecule has 0 bridgehead atoms. The van der Waals surface area contributed by atoms with Crippen molar-refractivity contribution in [3.05, 3.63) is 52.2 Å². The van der Waals surface area contributed by atoms with Crippen LogP contribution in [-0.4, -0.2) is 55.7 Å². The highest BCUT2D eigenvalue weighted by Crippen LogP contribution is 2.29. The van der Waals surface area contributed by atoms with Gasteiger partial charge in [-0.1, -0.05) is 32.0 Å². The Kier molecular flexibility index (Phi) is 7.02. The van der Waals surface area contributed by atoms with Gasteiger partial charge in [0, 0.05) is 14.2 Å². The van der Waals surface area contributed by atoms with Crippen LogP contribution in [0.5, 0.6) is 0 Å². The van der Waals surface area contributed by atoms with Gasteiger partial charge in [0.15, 0.2) is 6.29 Å². The zero-order valence-corrected chi connectivity index (χ0v) is 18.3. The van der Waals surface area contributed by atoms with E-state index in [9.17, 15) is 14.4 Å². The van der Waals surface area contributed by atoms with Gasteiger partial charge in [-0.05, 0) is 35.1 Å². The minimum absolute atomic E-state index is 0.0353. The average molecular weight is 431 g/mol. The summed E-state index contributed by atoms with van der Waals surface area (Å²) in [5.74, 6) is -0.742. The van der Waals surface area contributed by atoms with Crippen molar-refractivity contribution in [1.82, 2.24) is 4.90 Å². The van der Waals surface area contributed by atoms with Crippen LogP contribution >= 0.6 is 11.3 Å². The van der Waals surface area contributed by atoms with Crippen LogP contribution in [0, 0.1) is 0 Å². The standard InChI is InChI=1S/C22H26N2O5S/c1-14(2)15-7-9-16(10-8-15)24-19(25)12-17(21(24)26)23(13-20(28-3)29-4)22(27)18-6-5-11-30-18/h5-11,14,17,20H,12-13H2,1-4H3. The third kappa shape index (κ3) is 4.45. The minimum atomic E-state index is -0.912. The van der Waals surface area contributed by atoms with E-state index in [0.29, 0.717) is 16.5 Å². The first-order valence-corrected chi connectivity index (χ1v) is 10.6. The predicted octanol–water partition coefficient (Wildman–Crippen LogP) is 3.26. The van der Waals surface area contributed by atoms with Crippen molar-refractivity contribution in [2.75, 3.05) is 25.7 Å². The fraction of sp³-hybridized carbons (Fsp3) is 0.409. The molecule has 1 fully saturated rings. The van der Waals surface area contributed by atoms with Gasteiger partial charge in [0.2, 0.25) is 5.91 Å². The van der Waals surface area contributed by atoms with Crippen molar-refractivity contribution >= 4 is 34.7 Å². The quantitative estimate of drug-likeness (QED) is 0.475. The summed E-state index contributed by atoms with van der Waals surface area (Å²) in [5, 5.41) is 1.79. The first-order valence-electron chi connectivity index (χ1n) is 9.74. The Morgan fingerprint density at radius 3 is 2.37 bits per heavy atom. The smallest absolute Gasteiger partial charge is 0.264 e. The maximum absolute atomic E-state index is 13.2. The lowest BCUT2D eigenvalue weighted by Crippen LogP contribution is -2.49. The predicted molar refractivity (Wildman–Crippen MR) is 115 cm³/mol. The molecule has 2 aromatic rings. The zero-order chi connectivity index (χ0) is 21.8. The molecule has 3 amide bonds. The molecule has 30 heavy (non-hydrogen) atoms. The number of imide groups is 1. The van der Waals surface area contributed by atoms with Crippen LogP contribution in [0.25, 0.3) is 0 Å². The molecule has 3 rings (SSSR count). The third-order valence-electron chi connectivity index (χ3n) is 5.18. The molecular weight excluding hydrogens is 404 g/mol. The van der Waals surface area contributed by atoms with Crippen LogP contribution in [-0.2, 0) is 19.1 Å². The normalized spacial score (nSPS) is 16.7. The second kappa shape index (κ2) is 9.51. The van der Waals surface area contributed by atoms with Crippen molar-refractivity contribution < 1.29 is 23.9 Å². The molecule has 0 radical (unpaired) electrons. The monoisotopic (exact) mass is 430 g/mol. The van der Waals surface area contributed by atoms with Gasteiger partial charge in [-0.3, -0.25) is 14.4 Å². The molecule has 7 nitrogen and oxygen atoms in total. The van der Waals surface area contributed by atoms with Crippen molar-refractivity contribution in [3.63, 3.8) is 0 Å². The maximum Gasteiger partial charge on any atom is 0.264 e. The lowest BCUT2D eigenvalue weighted by molar-refractivity contribution is -0.128. The van der Waals surface area contributed by atoms with Gasteiger partial charge < -0.3 is 14.4 Å². The second-order valence-electron chi connectivity index (χ2n) is 7.37. The summed E-state index contributed by atoms with van der Waals surface area (Å²) in [6, 6.07) is 9.91. The lowest BCUT2D eigenvalue weighted by atomic mass is 10.0. The largest absolute Gasteiger partial charge is 0.354 e. The molecule has 0 N–H and O–H groups in total.